The molecule has 3 heterocycles. The summed E-state index contributed by atoms with van der Waals surface area (Å²) >= 11 is 36.4. The summed E-state index contributed by atoms with van der Waals surface area (Å²) in [5.41, 5.74) is 4.25. The zero-order valence-corrected chi connectivity index (χ0v) is 19.2. The van der Waals surface area contributed by atoms with E-state index in [0.29, 0.717) is 32.8 Å². The molecule has 4 nitrogen and oxygen atoms in total. The molecule has 3 aromatic heterocycles. The van der Waals surface area contributed by atoms with E-state index in [1.165, 1.54) is 0 Å². The van der Waals surface area contributed by atoms with Gasteiger partial charge in [0.1, 0.15) is 0 Å². The molecular weight excluding hydrogens is 509 g/mol. The van der Waals surface area contributed by atoms with Gasteiger partial charge in [-0.1, -0.05) is 81.7 Å². The maximum Gasteiger partial charge on any atom is 0.232 e. The molecule has 0 saturated heterocycles. The summed E-state index contributed by atoms with van der Waals surface area (Å²) in [4.78, 5) is 18.8. The molecule has 0 aliphatic carbocycles. The monoisotopic (exact) mass is 514 g/mol. The first kappa shape index (κ1) is 20.5. The second-order valence-electron chi connectivity index (χ2n) is 6.59. The van der Waals surface area contributed by atoms with Gasteiger partial charge in [-0.2, -0.15) is 0 Å². The van der Waals surface area contributed by atoms with E-state index in [-0.39, 0.29) is 11.4 Å². The Kier molecular flexibility index (Phi) is 4.82. The van der Waals surface area contributed by atoms with Crippen LogP contribution < -0.4 is 0 Å². The predicted molar refractivity (Wildman–Crippen MR) is 126 cm³/mol. The van der Waals surface area contributed by atoms with Crippen molar-refractivity contribution in [2.45, 2.75) is 7.59 Å². The molecule has 0 unspecified atom stereocenters. The van der Waals surface area contributed by atoms with Crippen molar-refractivity contribution in [3.63, 3.8) is 0 Å². The van der Waals surface area contributed by atoms with Gasteiger partial charge in [-0.15, -0.1) is 0 Å². The summed E-state index contributed by atoms with van der Waals surface area (Å²) in [6.07, 6.45) is 0. The molecule has 0 atom stereocenters. The zero-order valence-electron chi connectivity index (χ0n) is 14.7. The average molecular weight is 517 g/mol. The number of alkyl halides is 6. The van der Waals surface area contributed by atoms with Gasteiger partial charge in [0.05, 0.1) is 44.5 Å². The Morgan fingerprint density at radius 1 is 0.467 bits per heavy atom. The quantitative estimate of drug-likeness (QED) is 0.121. The van der Waals surface area contributed by atoms with Gasteiger partial charge < -0.3 is 0 Å². The second kappa shape index (κ2) is 7.06. The maximum atomic E-state index is 6.07. The molecule has 0 amide bonds. The van der Waals surface area contributed by atoms with Gasteiger partial charge in [-0.3, -0.25) is 0 Å². The molecule has 0 bridgehead atoms. The van der Waals surface area contributed by atoms with Crippen LogP contribution >= 0.6 is 69.6 Å². The normalized spacial score (nSPS) is 13.0. The van der Waals surface area contributed by atoms with Crippen LogP contribution in [0.15, 0.2) is 48.5 Å². The summed E-state index contributed by atoms with van der Waals surface area (Å²) in [6.45, 7) is 0. The number of hydrogen-bond donors (Lipinski definition) is 0. The minimum Gasteiger partial charge on any atom is -0.246 e. The molecule has 0 radical (unpaired) electrons. The molecule has 0 spiro atoms. The number of pyridine rings is 2. The summed E-state index contributed by atoms with van der Waals surface area (Å²) in [5, 5.41) is 1.39. The van der Waals surface area contributed by atoms with Crippen LogP contribution in [0.4, 0.5) is 0 Å². The zero-order chi connectivity index (χ0) is 21.3. The van der Waals surface area contributed by atoms with Crippen molar-refractivity contribution in [1.82, 2.24) is 19.9 Å². The van der Waals surface area contributed by atoms with Crippen molar-refractivity contribution in [2.75, 3.05) is 0 Å². The van der Waals surface area contributed by atoms with Crippen molar-refractivity contribution in [3.05, 3.63) is 59.9 Å². The lowest BCUT2D eigenvalue weighted by atomic mass is 10.1. The van der Waals surface area contributed by atoms with E-state index in [0.717, 1.165) is 11.0 Å². The van der Waals surface area contributed by atoms with Crippen LogP contribution in [-0.2, 0) is 7.59 Å². The van der Waals surface area contributed by atoms with Crippen LogP contribution in [0.25, 0.3) is 43.9 Å². The SMILES string of the molecule is ClC(Cl)(Cl)c1ccc2c(n1)c1nc(C(Cl)(Cl)Cl)ccc1c1nc3ccccc3nc21. The van der Waals surface area contributed by atoms with Crippen molar-refractivity contribution in [1.29, 1.82) is 0 Å². The molecule has 0 saturated carbocycles. The second-order valence-corrected chi connectivity index (χ2v) is 11.2. The Balaban J connectivity index is 2.02. The molecule has 0 N–H and O–H groups in total. The Labute approximate surface area is 200 Å². The van der Waals surface area contributed by atoms with Gasteiger partial charge in [0.2, 0.25) is 7.59 Å². The van der Waals surface area contributed by atoms with Crippen LogP contribution in [0.1, 0.15) is 11.4 Å². The fraction of sp³-hybridized carbons (Fsp3) is 0.100. The van der Waals surface area contributed by atoms with E-state index < -0.39 is 7.59 Å². The maximum absolute atomic E-state index is 6.07. The van der Waals surface area contributed by atoms with Crippen molar-refractivity contribution in [3.8, 4) is 0 Å². The van der Waals surface area contributed by atoms with Gasteiger partial charge in [-0.25, -0.2) is 19.9 Å². The van der Waals surface area contributed by atoms with Gasteiger partial charge in [0.25, 0.3) is 0 Å². The lowest BCUT2D eigenvalue weighted by Gasteiger charge is -2.15. The molecule has 0 aliphatic rings. The van der Waals surface area contributed by atoms with E-state index in [4.69, 9.17) is 79.6 Å². The molecule has 5 aromatic rings. The van der Waals surface area contributed by atoms with Crippen molar-refractivity contribution >= 4 is 113 Å². The van der Waals surface area contributed by atoms with E-state index in [1.54, 1.807) is 24.3 Å². The number of benzene rings is 2. The Morgan fingerprint density at radius 2 is 0.833 bits per heavy atom. The highest BCUT2D eigenvalue weighted by molar-refractivity contribution is 6.67. The molecule has 30 heavy (non-hydrogen) atoms. The third-order valence-electron chi connectivity index (χ3n) is 4.68. The van der Waals surface area contributed by atoms with Gasteiger partial charge in [-0.05, 0) is 36.4 Å². The van der Waals surface area contributed by atoms with Crippen molar-refractivity contribution < 1.29 is 0 Å². The molecule has 10 heteroatoms. The van der Waals surface area contributed by atoms with Crippen LogP contribution in [0.3, 0.4) is 0 Å². The van der Waals surface area contributed by atoms with E-state index in [1.807, 2.05) is 24.3 Å². The molecule has 5 rings (SSSR count). The lowest BCUT2D eigenvalue weighted by molar-refractivity contribution is 1.10. The highest BCUT2D eigenvalue weighted by Gasteiger charge is 2.28. The highest BCUT2D eigenvalue weighted by Crippen LogP contribution is 2.42. The topological polar surface area (TPSA) is 51.6 Å². The Morgan fingerprint density at radius 3 is 1.20 bits per heavy atom. The summed E-state index contributed by atoms with van der Waals surface area (Å²) in [7, 11) is 0. The van der Waals surface area contributed by atoms with E-state index >= 15 is 0 Å². The minimum atomic E-state index is -1.71. The molecule has 2 aromatic carbocycles. The third-order valence-corrected chi connectivity index (χ3v) is 5.84. The fourth-order valence-corrected chi connectivity index (χ4v) is 3.98. The number of para-hydroxylation sites is 2. The number of fused-ring (bicyclic) bond motifs is 7. The van der Waals surface area contributed by atoms with Gasteiger partial charge in [0, 0.05) is 10.8 Å². The van der Waals surface area contributed by atoms with E-state index in [2.05, 4.69) is 9.97 Å². The summed E-state index contributed by atoms with van der Waals surface area (Å²) in [5.74, 6) is 0. The Hall–Kier alpha value is -1.40. The van der Waals surface area contributed by atoms with E-state index in [9.17, 15) is 0 Å². The fourth-order valence-electron chi connectivity index (χ4n) is 3.35. The number of halogens is 6. The van der Waals surface area contributed by atoms with Gasteiger partial charge in [0.15, 0.2) is 0 Å². The summed E-state index contributed by atoms with van der Waals surface area (Å²) in [6, 6.07) is 14.4. The van der Waals surface area contributed by atoms with Crippen LogP contribution in [0.2, 0.25) is 0 Å². The average Bonchev–Trinajstić information content (AvgIpc) is 2.70. The number of hydrogen-bond acceptors (Lipinski definition) is 4. The predicted octanol–water partition coefficient (Wildman–Crippen LogP) is 7.53. The molecular formula is C20H8Cl6N4. The molecule has 0 fully saturated rings. The lowest BCUT2D eigenvalue weighted by Crippen LogP contribution is -2.06. The number of nitrogens with zero attached hydrogens (tertiary/aromatic N) is 4. The minimum absolute atomic E-state index is 0.246. The molecule has 150 valence electrons. The number of aromatic nitrogens is 4. The first-order chi connectivity index (χ1) is 14.1. The van der Waals surface area contributed by atoms with Gasteiger partial charge >= 0.3 is 0 Å². The standard InChI is InChI=1S/C20H8Cl6N4/c21-19(22,23)13-7-5-9-15-16(28-12-4-2-1-3-11(12)27-15)10-6-8-14(20(24,25)26)30-18(10)17(9)29-13/h1-8H. The smallest absolute Gasteiger partial charge is 0.232 e. The largest absolute Gasteiger partial charge is 0.246 e. The van der Waals surface area contributed by atoms with Crippen LogP contribution in [-0.4, -0.2) is 19.9 Å². The summed E-state index contributed by atoms with van der Waals surface area (Å²) < 4.78 is -3.42. The number of rotatable bonds is 0. The van der Waals surface area contributed by atoms with Crippen molar-refractivity contribution in [2.24, 2.45) is 0 Å². The third kappa shape index (κ3) is 3.40. The highest BCUT2D eigenvalue weighted by atomic mass is 35.6. The first-order valence-corrected chi connectivity index (χ1v) is 10.8. The Bertz CT molecular complexity index is 1360. The first-order valence-electron chi connectivity index (χ1n) is 8.57. The van der Waals surface area contributed by atoms with Crippen LogP contribution in [0.5, 0.6) is 0 Å². The van der Waals surface area contributed by atoms with Crippen LogP contribution in [0, 0.1) is 0 Å². The molecule has 0 aliphatic heterocycles.